The van der Waals surface area contributed by atoms with E-state index in [0.717, 1.165) is 12.1 Å². The fourth-order valence-corrected chi connectivity index (χ4v) is 2.79. The molecule has 0 N–H and O–H groups in total. The number of aromatic nitrogens is 3. The van der Waals surface area contributed by atoms with Gasteiger partial charge in [-0.25, -0.2) is 4.57 Å². The average Bonchev–Trinajstić information content (AvgIpc) is 2.87. The Morgan fingerprint density at radius 3 is 2.61 bits per heavy atom. The summed E-state index contributed by atoms with van der Waals surface area (Å²) in [5.74, 6) is 1.21. The summed E-state index contributed by atoms with van der Waals surface area (Å²) in [6, 6.07) is 10.9. The Morgan fingerprint density at radius 2 is 1.94 bits per heavy atom. The van der Waals surface area contributed by atoms with Gasteiger partial charge in [0.1, 0.15) is 5.69 Å². The fourth-order valence-electron chi connectivity index (χ4n) is 2.79. The van der Waals surface area contributed by atoms with E-state index in [1.54, 1.807) is 0 Å². The van der Waals surface area contributed by atoms with Crippen LogP contribution in [0.4, 0.5) is 0 Å². The van der Waals surface area contributed by atoms with E-state index in [1.807, 2.05) is 22.9 Å². The summed E-state index contributed by atoms with van der Waals surface area (Å²) in [5, 5.41) is 4.70. The number of para-hydroxylation sites is 1. The van der Waals surface area contributed by atoms with Crippen molar-refractivity contribution in [2.45, 2.75) is 39.7 Å². The minimum absolute atomic E-state index is 0.292. The van der Waals surface area contributed by atoms with Gasteiger partial charge in [0, 0.05) is 11.5 Å². The lowest BCUT2D eigenvalue weighted by atomic mass is 9.85. The molecule has 0 spiro atoms. The third kappa shape index (κ3) is 1.84. The van der Waals surface area contributed by atoms with Crippen LogP contribution in [0.5, 0.6) is 0 Å². The second-order valence-electron chi connectivity index (χ2n) is 6.14. The normalized spacial score (nSPS) is 18.9. The van der Waals surface area contributed by atoms with Crippen LogP contribution in [0, 0.1) is 5.41 Å². The molecule has 3 rings (SSSR count). The zero-order valence-electron chi connectivity index (χ0n) is 11.3. The quantitative estimate of drug-likeness (QED) is 0.705. The van der Waals surface area contributed by atoms with Gasteiger partial charge in [0.2, 0.25) is 6.33 Å². The molecule has 2 aromatic rings. The molecule has 94 valence electrons. The summed E-state index contributed by atoms with van der Waals surface area (Å²) in [6.45, 7) is 6.92. The summed E-state index contributed by atoms with van der Waals surface area (Å²) < 4.78 is 4.35. The van der Waals surface area contributed by atoms with E-state index >= 15 is 0 Å². The van der Waals surface area contributed by atoms with Crippen molar-refractivity contribution in [2.75, 3.05) is 0 Å². The molecule has 1 atom stereocenters. The monoisotopic (exact) mass is 242 g/mol. The molecule has 0 aliphatic carbocycles. The van der Waals surface area contributed by atoms with Crippen LogP contribution in [0.1, 0.15) is 39.1 Å². The Hall–Kier alpha value is -1.64. The first kappa shape index (κ1) is 11.5. The van der Waals surface area contributed by atoms with Crippen molar-refractivity contribution in [1.29, 1.82) is 0 Å². The molecule has 0 fully saturated rings. The maximum absolute atomic E-state index is 4.70. The van der Waals surface area contributed by atoms with Crippen LogP contribution in [-0.2, 0) is 6.42 Å². The van der Waals surface area contributed by atoms with Gasteiger partial charge in [-0.3, -0.25) is 0 Å². The summed E-state index contributed by atoms with van der Waals surface area (Å²) in [6.07, 6.45) is 4.44. The standard InChI is InChI=1S/C15H20N3/c1-15(2,3)13-9-10-14-16-18(11-17(13)14)12-7-5-4-6-8-12/h4-8,11,13H,9-10H2,1-3H3/q+1/t13-/m0/s1. The molecule has 1 aliphatic heterocycles. The van der Waals surface area contributed by atoms with E-state index in [0.29, 0.717) is 11.5 Å². The maximum atomic E-state index is 4.70. The lowest BCUT2D eigenvalue weighted by Crippen LogP contribution is -2.43. The van der Waals surface area contributed by atoms with Gasteiger partial charge in [-0.15, -0.1) is 0 Å². The van der Waals surface area contributed by atoms with Crippen LogP contribution in [0.15, 0.2) is 36.7 Å². The first-order valence-electron chi connectivity index (χ1n) is 6.61. The van der Waals surface area contributed by atoms with Crippen molar-refractivity contribution < 1.29 is 4.57 Å². The van der Waals surface area contributed by atoms with Crippen molar-refractivity contribution in [3.8, 4) is 5.69 Å². The molecular formula is C15H20N3+. The van der Waals surface area contributed by atoms with E-state index in [2.05, 4.69) is 43.8 Å². The highest BCUT2D eigenvalue weighted by Gasteiger charge is 2.38. The van der Waals surface area contributed by atoms with Crippen LogP contribution in [0.25, 0.3) is 5.69 Å². The highest BCUT2D eigenvalue weighted by molar-refractivity contribution is 5.28. The molecule has 1 aliphatic rings. The highest BCUT2D eigenvalue weighted by atomic mass is 15.4. The molecular weight excluding hydrogens is 222 g/mol. The molecule has 0 amide bonds. The summed E-state index contributed by atoms with van der Waals surface area (Å²) >= 11 is 0. The molecule has 0 unspecified atom stereocenters. The van der Waals surface area contributed by atoms with Crippen molar-refractivity contribution in [3.63, 3.8) is 0 Å². The van der Waals surface area contributed by atoms with Gasteiger partial charge in [-0.05, 0) is 24.0 Å². The van der Waals surface area contributed by atoms with E-state index in [-0.39, 0.29) is 0 Å². The predicted octanol–water partition coefficient (Wildman–Crippen LogP) is 2.69. The highest BCUT2D eigenvalue weighted by Crippen LogP contribution is 2.33. The van der Waals surface area contributed by atoms with Crippen LogP contribution < -0.4 is 4.57 Å². The van der Waals surface area contributed by atoms with Gasteiger partial charge < -0.3 is 0 Å². The molecule has 0 saturated carbocycles. The zero-order chi connectivity index (χ0) is 12.8. The smallest absolute Gasteiger partial charge is 0.231 e. The van der Waals surface area contributed by atoms with Crippen LogP contribution >= 0.6 is 0 Å². The Balaban J connectivity index is 2.00. The molecule has 0 bridgehead atoms. The van der Waals surface area contributed by atoms with Crippen LogP contribution in [-0.4, -0.2) is 9.78 Å². The maximum Gasteiger partial charge on any atom is 0.278 e. The lowest BCUT2D eigenvalue weighted by molar-refractivity contribution is -0.729. The second-order valence-corrected chi connectivity index (χ2v) is 6.14. The van der Waals surface area contributed by atoms with Crippen molar-refractivity contribution in [1.82, 2.24) is 9.78 Å². The Labute approximate surface area is 108 Å². The van der Waals surface area contributed by atoms with Crippen LogP contribution in [0.3, 0.4) is 0 Å². The van der Waals surface area contributed by atoms with Crippen molar-refractivity contribution in [3.05, 3.63) is 42.5 Å². The van der Waals surface area contributed by atoms with Crippen molar-refractivity contribution in [2.24, 2.45) is 5.41 Å². The van der Waals surface area contributed by atoms with Gasteiger partial charge in [-0.1, -0.05) is 43.7 Å². The largest absolute Gasteiger partial charge is 0.278 e. The number of aryl methyl sites for hydroxylation is 1. The lowest BCUT2D eigenvalue weighted by Gasteiger charge is -2.24. The number of benzene rings is 1. The number of fused-ring (bicyclic) bond motifs is 1. The van der Waals surface area contributed by atoms with E-state index in [1.165, 1.54) is 12.2 Å². The molecule has 18 heavy (non-hydrogen) atoms. The number of rotatable bonds is 1. The van der Waals surface area contributed by atoms with Crippen LogP contribution in [0.2, 0.25) is 0 Å². The zero-order valence-corrected chi connectivity index (χ0v) is 11.3. The fraction of sp³-hybridized carbons (Fsp3) is 0.467. The molecule has 3 nitrogen and oxygen atoms in total. The molecule has 1 aromatic heterocycles. The average molecular weight is 242 g/mol. The summed E-state index contributed by atoms with van der Waals surface area (Å²) in [4.78, 5) is 0. The van der Waals surface area contributed by atoms with E-state index in [4.69, 9.17) is 5.10 Å². The SMILES string of the molecule is CC(C)(C)[C@@H]1CCc2nn(-c3ccccc3)c[n+]21. The first-order chi connectivity index (χ1) is 8.55. The van der Waals surface area contributed by atoms with Gasteiger partial charge in [0.15, 0.2) is 0 Å². The topological polar surface area (TPSA) is 21.7 Å². The van der Waals surface area contributed by atoms with E-state index < -0.39 is 0 Å². The third-order valence-electron chi connectivity index (χ3n) is 3.75. The Kier molecular flexibility index (Phi) is 2.51. The molecule has 0 saturated heterocycles. The first-order valence-corrected chi connectivity index (χ1v) is 6.61. The van der Waals surface area contributed by atoms with E-state index in [9.17, 15) is 0 Å². The van der Waals surface area contributed by atoms with Gasteiger partial charge in [-0.2, -0.15) is 0 Å². The van der Waals surface area contributed by atoms with Gasteiger partial charge in [0.05, 0.1) is 6.04 Å². The molecule has 1 aromatic carbocycles. The minimum Gasteiger partial charge on any atom is -0.231 e. The number of hydrogen-bond donors (Lipinski definition) is 0. The molecule has 2 heterocycles. The number of nitrogens with zero attached hydrogens (tertiary/aromatic N) is 3. The molecule has 0 radical (unpaired) electrons. The third-order valence-corrected chi connectivity index (χ3v) is 3.75. The second kappa shape index (κ2) is 3.94. The van der Waals surface area contributed by atoms with Crippen molar-refractivity contribution >= 4 is 0 Å². The van der Waals surface area contributed by atoms with Gasteiger partial charge >= 0.3 is 0 Å². The number of hydrogen-bond acceptors (Lipinski definition) is 1. The summed E-state index contributed by atoms with van der Waals surface area (Å²) in [5.41, 5.74) is 1.42. The summed E-state index contributed by atoms with van der Waals surface area (Å²) in [7, 11) is 0. The minimum atomic E-state index is 0.292. The Morgan fingerprint density at radius 1 is 1.22 bits per heavy atom. The Bertz CT molecular complexity index is 549. The van der Waals surface area contributed by atoms with Gasteiger partial charge in [0.25, 0.3) is 5.82 Å². The molecule has 3 heteroatoms. The predicted molar refractivity (Wildman–Crippen MR) is 70.6 cm³/mol.